The molecule has 0 atom stereocenters. The number of rotatable bonds is 6. The molecule has 0 radical (unpaired) electrons. The van der Waals surface area contributed by atoms with Gasteiger partial charge < -0.3 is 9.84 Å². The van der Waals surface area contributed by atoms with E-state index in [1.807, 2.05) is 0 Å². The van der Waals surface area contributed by atoms with Gasteiger partial charge in [-0.15, -0.1) is 0 Å². The lowest BCUT2D eigenvalue weighted by molar-refractivity contribution is 0.271. The van der Waals surface area contributed by atoms with Crippen LogP contribution in [0.3, 0.4) is 0 Å². The zero-order chi connectivity index (χ0) is 14.7. The van der Waals surface area contributed by atoms with Gasteiger partial charge in [0, 0.05) is 19.0 Å². The zero-order valence-corrected chi connectivity index (χ0v) is 12.8. The Labute approximate surface area is 126 Å². The van der Waals surface area contributed by atoms with Crippen LogP contribution in [0.25, 0.3) is 0 Å². The Bertz CT molecular complexity index is 573. The fraction of sp³-hybridized carbons (Fsp3) is 0.529. The highest BCUT2D eigenvalue weighted by molar-refractivity contribution is 5.35. The lowest BCUT2D eigenvalue weighted by atomic mass is 9.64. The van der Waals surface area contributed by atoms with Crippen LogP contribution in [0.1, 0.15) is 50.4 Å². The number of nitrogens with zero attached hydrogens (tertiary/aromatic N) is 2. The van der Waals surface area contributed by atoms with Crippen LogP contribution in [-0.2, 0) is 11.8 Å². The quantitative estimate of drug-likeness (QED) is 0.886. The number of benzene rings is 1. The predicted molar refractivity (Wildman–Crippen MR) is 82.2 cm³/mol. The summed E-state index contributed by atoms with van der Waals surface area (Å²) in [4.78, 5) is 4.66. The standard InChI is InChI=1S/C17H23N3O/c1-13(2)18-12-9-15-19-16(20-21-15)17(10-6-11-17)14-7-4-3-5-8-14/h3-5,7-8,13,18H,6,9-12H2,1-2H3. The minimum absolute atomic E-state index is 0.0194. The summed E-state index contributed by atoms with van der Waals surface area (Å²) in [5, 5.41) is 7.64. The van der Waals surface area contributed by atoms with Crippen molar-refractivity contribution in [1.29, 1.82) is 0 Å². The van der Waals surface area contributed by atoms with Crippen LogP contribution in [-0.4, -0.2) is 22.7 Å². The molecule has 3 rings (SSSR count). The first-order valence-corrected chi connectivity index (χ1v) is 7.83. The summed E-state index contributed by atoms with van der Waals surface area (Å²) in [6.07, 6.45) is 4.24. The second kappa shape index (κ2) is 5.98. The van der Waals surface area contributed by atoms with Gasteiger partial charge in [-0.25, -0.2) is 0 Å². The van der Waals surface area contributed by atoms with Gasteiger partial charge in [-0.1, -0.05) is 55.8 Å². The molecular formula is C17H23N3O. The number of hydrogen-bond acceptors (Lipinski definition) is 4. The van der Waals surface area contributed by atoms with Gasteiger partial charge in [0.25, 0.3) is 0 Å². The molecule has 0 saturated heterocycles. The Hall–Kier alpha value is -1.68. The Balaban J connectivity index is 1.75. The summed E-state index contributed by atoms with van der Waals surface area (Å²) in [7, 11) is 0. The fourth-order valence-electron chi connectivity index (χ4n) is 2.95. The van der Waals surface area contributed by atoms with Crippen molar-refractivity contribution in [2.75, 3.05) is 6.54 Å². The van der Waals surface area contributed by atoms with Crippen molar-refractivity contribution in [3.05, 3.63) is 47.6 Å². The summed E-state index contributed by atoms with van der Waals surface area (Å²) < 4.78 is 5.45. The second-order valence-electron chi connectivity index (χ2n) is 6.17. The summed E-state index contributed by atoms with van der Waals surface area (Å²) in [6, 6.07) is 11.1. The molecule has 1 aliphatic rings. The molecule has 4 nitrogen and oxygen atoms in total. The van der Waals surface area contributed by atoms with E-state index < -0.39 is 0 Å². The van der Waals surface area contributed by atoms with E-state index in [1.54, 1.807) is 0 Å². The molecule has 0 bridgehead atoms. The van der Waals surface area contributed by atoms with E-state index >= 15 is 0 Å². The van der Waals surface area contributed by atoms with Gasteiger partial charge in [-0.05, 0) is 18.4 Å². The molecule has 4 heteroatoms. The van der Waals surface area contributed by atoms with E-state index in [9.17, 15) is 0 Å². The smallest absolute Gasteiger partial charge is 0.227 e. The van der Waals surface area contributed by atoms with E-state index in [1.165, 1.54) is 12.0 Å². The summed E-state index contributed by atoms with van der Waals surface area (Å²) >= 11 is 0. The average molecular weight is 285 g/mol. The normalized spacial score (nSPS) is 16.9. The summed E-state index contributed by atoms with van der Waals surface area (Å²) in [5.74, 6) is 1.60. The van der Waals surface area contributed by atoms with Gasteiger partial charge in [-0.3, -0.25) is 0 Å². The molecule has 2 aromatic rings. The molecule has 112 valence electrons. The molecule has 0 unspecified atom stereocenters. The Morgan fingerprint density at radius 3 is 2.62 bits per heavy atom. The minimum atomic E-state index is -0.0194. The molecule has 21 heavy (non-hydrogen) atoms. The Kier molecular flexibility index (Phi) is 4.06. The average Bonchev–Trinajstić information content (AvgIpc) is 2.87. The second-order valence-corrected chi connectivity index (χ2v) is 6.17. The number of hydrogen-bond donors (Lipinski definition) is 1. The monoisotopic (exact) mass is 285 g/mol. The van der Waals surface area contributed by atoms with Crippen molar-refractivity contribution in [1.82, 2.24) is 15.5 Å². The molecular weight excluding hydrogens is 262 g/mol. The third-order valence-corrected chi connectivity index (χ3v) is 4.32. The van der Waals surface area contributed by atoms with Crippen molar-refractivity contribution < 1.29 is 4.52 Å². The predicted octanol–water partition coefficient (Wildman–Crippen LogP) is 3.08. The molecule has 0 spiro atoms. The third-order valence-electron chi connectivity index (χ3n) is 4.32. The highest BCUT2D eigenvalue weighted by Crippen LogP contribution is 2.47. The first-order chi connectivity index (χ1) is 10.2. The summed E-state index contributed by atoms with van der Waals surface area (Å²) in [5.41, 5.74) is 1.29. The van der Waals surface area contributed by atoms with Gasteiger partial charge in [0.15, 0.2) is 5.82 Å². The molecule has 1 aromatic heterocycles. The van der Waals surface area contributed by atoms with Gasteiger partial charge >= 0.3 is 0 Å². The zero-order valence-electron chi connectivity index (χ0n) is 12.8. The molecule has 1 N–H and O–H groups in total. The molecule has 1 saturated carbocycles. The van der Waals surface area contributed by atoms with Crippen molar-refractivity contribution in [2.45, 2.75) is 51.0 Å². The maximum Gasteiger partial charge on any atom is 0.227 e. The van der Waals surface area contributed by atoms with Gasteiger partial charge in [0.2, 0.25) is 5.89 Å². The summed E-state index contributed by atoms with van der Waals surface area (Å²) in [6.45, 7) is 5.15. The van der Waals surface area contributed by atoms with Crippen LogP contribution in [0.2, 0.25) is 0 Å². The van der Waals surface area contributed by atoms with Gasteiger partial charge in [0.05, 0.1) is 5.41 Å². The van der Waals surface area contributed by atoms with Crippen molar-refractivity contribution in [3.8, 4) is 0 Å². The Morgan fingerprint density at radius 1 is 1.24 bits per heavy atom. The van der Waals surface area contributed by atoms with E-state index in [4.69, 9.17) is 4.52 Å². The largest absolute Gasteiger partial charge is 0.339 e. The Morgan fingerprint density at radius 2 is 2.00 bits per heavy atom. The van der Waals surface area contributed by atoms with E-state index in [0.29, 0.717) is 6.04 Å². The van der Waals surface area contributed by atoms with Crippen LogP contribution in [0.4, 0.5) is 0 Å². The lowest BCUT2D eigenvalue weighted by Gasteiger charge is -2.39. The van der Waals surface area contributed by atoms with Crippen molar-refractivity contribution in [3.63, 3.8) is 0 Å². The molecule has 0 amide bonds. The SMILES string of the molecule is CC(C)NCCc1nc(C2(c3ccccc3)CCC2)no1. The molecule has 1 fully saturated rings. The highest BCUT2D eigenvalue weighted by atomic mass is 16.5. The van der Waals surface area contributed by atoms with Crippen LogP contribution >= 0.6 is 0 Å². The minimum Gasteiger partial charge on any atom is -0.339 e. The third kappa shape index (κ3) is 2.86. The fourth-order valence-corrected chi connectivity index (χ4v) is 2.95. The molecule has 1 aromatic carbocycles. The number of nitrogens with one attached hydrogen (secondary N) is 1. The first-order valence-electron chi connectivity index (χ1n) is 7.83. The molecule has 1 heterocycles. The van der Waals surface area contributed by atoms with Crippen LogP contribution in [0.15, 0.2) is 34.9 Å². The maximum atomic E-state index is 5.45. The van der Waals surface area contributed by atoms with E-state index in [-0.39, 0.29) is 5.41 Å². The van der Waals surface area contributed by atoms with Crippen molar-refractivity contribution in [2.24, 2.45) is 0 Å². The molecule has 0 aliphatic heterocycles. The van der Waals surface area contributed by atoms with Crippen LogP contribution < -0.4 is 5.32 Å². The van der Waals surface area contributed by atoms with E-state index in [2.05, 4.69) is 59.6 Å². The van der Waals surface area contributed by atoms with Crippen LogP contribution in [0, 0.1) is 0 Å². The van der Waals surface area contributed by atoms with Gasteiger partial charge in [-0.2, -0.15) is 4.98 Å². The van der Waals surface area contributed by atoms with Gasteiger partial charge in [0.1, 0.15) is 0 Å². The lowest BCUT2D eigenvalue weighted by Crippen LogP contribution is -2.36. The number of aromatic nitrogens is 2. The van der Waals surface area contributed by atoms with E-state index in [0.717, 1.165) is 37.5 Å². The molecule has 1 aliphatic carbocycles. The van der Waals surface area contributed by atoms with Crippen molar-refractivity contribution >= 4 is 0 Å². The highest BCUT2D eigenvalue weighted by Gasteiger charge is 2.44. The van der Waals surface area contributed by atoms with Crippen LogP contribution in [0.5, 0.6) is 0 Å². The maximum absolute atomic E-state index is 5.45. The topological polar surface area (TPSA) is 51.0 Å². The first kappa shape index (κ1) is 14.3.